The van der Waals surface area contributed by atoms with Crippen molar-refractivity contribution in [1.29, 1.82) is 0 Å². The van der Waals surface area contributed by atoms with Crippen molar-refractivity contribution in [3.63, 3.8) is 0 Å². The van der Waals surface area contributed by atoms with Crippen LogP contribution in [-0.2, 0) is 0 Å². The first-order valence-electron chi connectivity index (χ1n) is 6.93. The van der Waals surface area contributed by atoms with E-state index < -0.39 is 17.7 Å². The van der Waals surface area contributed by atoms with Gasteiger partial charge in [-0.3, -0.25) is 9.97 Å². The lowest BCUT2D eigenvalue weighted by Crippen LogP contribution is -2.23. The molecule has 4 nitrogen and oxygen atoms in total. The van der Waals surface area contributed by atoms with Gasteiger partial charge < -0.3 is 10.1 Å². The molecule has 1 aromatic carbocycles. The standard InChI is InChI=1S/C15H14ClF2N3O/c16-13-10(17)1-2-11(18)15(13)22-14(9-3-4-19-7-9)12-8-20-5-6-21-12/h1-2,5-6,8-9,14,19H,3-4,7H2. The van der Waals surface area contributed by atoms with Crippen molar-refractivity contribution in [3.05, 3.63) is 53.1 Å². The molecular formula is C15H14ClF2N3O. The lowest BCUT2D eigenvalue weighted by Gasteiger charge is -2.24. The van der Waals surface area contributed by atoms with Crippen LogP contribution in [0.15, 0.2) is 30.7 Å². The fourth-order valence-corrected chi connectivity index (χ4v) is 2.73. The number of hydrogen-bond donors (Lipinski definition) is 1. The molecule has 1 N–H and O–H groups in total. The molecule has 116 valence electrons. The van der Waals surface area contributed by atoms with Gasteiger partial charge in [0.15, 0.2) is 11.6 Å². The number of benzene rings is 1. The van der Waals surface area contributed by atoms with Crippen LogP contribution >= 0.6 is 11.6 Å². The Kier molecular flexibility index (Phi) is 4.49. The minimum atomic E-state index is -0.722. The summed E-state index contributed by atoms with van der Waals surface area (Å²) in [4.78, 5) is 8.24. The Morgan fingerprint density at radius 2 is 2.09 bits per heavy atom. The first-order chi connectivity index (χ1) is 10.7. The van der Waals surface area contributed by atoms with Crippen molar-refractivity contribution in [2.24, 2.45) is 5.92 Å². The Bertz CT molecular complexity index is 651. The van der Waals surface area contributed by atoms with Gasteiger partial charge in [0.25, 0.3) is 0 Å². The van der Waals surface area contributed by atoms with Crippen molar-refractivity contribution in [2.45, 2.75) is 12.5 Å². The molecule has 1 aliphatic rings. The van der Waals surface area contributed by atoms with E-state index in [0.717, 1.165) is 25.1 Å². The van der Waals surface area contributed by atoms with Crippen LogP contribution in [0.25, 0.3) is 0 Å². The molecule has 0 amide bonds. The van der Waals surface area contributed by atoms with E-state index in [1.54, 1.807) is 12.4 Å². The fourth-order valence-electron chi connectivity index (χ4n) is 2.53. The van der Waals surface area contributed by atoms with Crippen LogP contribution in [0.5, 0.6) is 5.75 Å². The highest BCUT2D eigenvalue weighted by molar-refractivity contribution is 6.32. The summed E-state index contributed by atoms with van der Waals surface area (Å²) in [7, 11) is 0. The summed E-state index contributed by atoms with van der Waals surface area (Å²) in [6.45, 7) is 1.54. The molecule has 2 atom stereocenters. The van der Waals surface area contributed by atoms with Gasteiger partial charge in [0.2, 0.25) is 0 Å². The van der Waals surface area contributed by atoms with E-state index in [1.807, 2.05) is 0 Å². The van der Waals surface area contributed by atoms with Crippen LogP contribution in [0.3, 0.4) is 0 Å². The Labute approximate surface area is 131 Å². The molecule has 0 aliphatic carbocycles. The normalized spacial score (nSPS) is 19.1. The lowest BCUT2D eigenvalue weighted by atomic mass is 9.99. The number of halogens is 3. The maximum absolute atomic E-state index is 14.0. The number of rotatable bonds is 4. The minimum absolute atomic E-state index is 0.0791. The van der Waals surface area contributed by atoms with Gasteiger partial charge in [0.05, 0.1) is 11.9 Å². The quantitative estimate of drug-likeness (QED) is 0.877. The van der Waals surface area contributed by atoms with Gasteiger partial charge in [0.1, 0.15) is 16.9 Å². The van der Waals surface area contributed by atoms with Gasteiger partial charge in [-0.1, -0.05) is 11.6 Å². The molecular weight excluding hydrogens is 312 g/mol. The third-order valence-corrected chi connectivity index (χ3v) is 4.00. The second-order valence-corrected chi connectivity index (χ2v) is 5.47. The second kappa shape index (κ2) is 6.54. The summed E-state index contributed by atoms with van der Waals surface area (Å²) >= 11 is 5.85. The molecule has 7 heteroatoms. The van der Waals surface area contributed by atoms with Crippen molar-refractivity contribution in [2.75, 3.05) is 13.1 Å². The third kappa shape index (κ3) is 3.03. The van der Waals surface area contributed by atoms with E-state index in [1.165, 1.54) is 6.20 Å². The molecule has 22 heavy (non-hydrogen) atoms. The number of nitrogens with zero attached hydrogens (tertiary/aromatic N) is 2. The Balaban J connectivity index is 1.95. The van der Waals surface area contributed by atoms with Crippen LogP contribution in [0.1, 0.15) is 18.2 Å². The van der Waals surface area contributed by atoms with Crippen molar-refractivity contribution < 1.29 is 13.5 Å². The first-order valence-corrected chi connectivity index (χ1v) is 7.31. The average Bonchev–Trinajstić information content (AvgIpc) is 3.06. The molecule has 2 aromatic rings. The number of hydrogen-bond acceptors (Lipinski definition) is 4. The first kappa shape index (κ1) is 15.1. The van der Waals surface area contributed by atoms with E-state index in [4.69, 9.17) is 16.3 Å². The lowest BCUT2D eigenvalue weighted by molar-refractivity contribution is 0.133. The smallest absolute Gasteiger partial charge is 0.177 e. The molecule has 2 unspecified atom stereocenters. The molecule has 0 radical (unpaired) electrons. The summed E-state index contributed by atoms with van der Waals surface area (Å²) < 4.78 is 33.3. The third-order valence-electron chi connectivity index (χ3n) is 3.65. The summed E-state index contributed by atoms with van der Waals surface area (Å²) in [5.74, 6) is -1.63. The molecule has 1 saturated heterocycles. The average molecular weight is 326 g/mol. The van der Waals surface area contributed by atoms with Crippen LogP contribution in [0.4, 0.5) is 8.78 Å². The molecule has 1 aliphatic heterocycles. The number of ether oxygens (including phenoxy) is 1. The molecule has 0 spiro atoms. The number of aromatic nitrogens is 2. The Morgan fingerprint density at radius 3 is 2.77 bits per heavy atom. The van der Waals surface area contributed by atoms with Crippen LogP contribution in [-0.4, -0.2) is 23.1 Å². The summed E-state index contributed by atoms with van der Waals surface area (Å²) in [5.41, 5.74) is 0.566. The highest BCUT2D eigenvalue weighted by Gasteiger charge is 2.31. The maximum Gasteiger partial charge on any atom is 0.177 e. The fraction of sp³-hybridized carbons (Fsp3) is 0.333. The van der Waals surface area contributed by atoms with Crippen molar-refractivity contribution >= 4 is 11.6 Å². The van der Waals surface area contributed by atoms with E-state index >= 15 is 0 Å². The second-order valence-electron chi connectivity index (χ2n) is 5.09. The van der Waals surface area contributed by atoms with Crippen molar-refractivity contribution in [3.8, 4) is 5.75 Å². The van der Waals surface area contributed by atoms with Gasteiger partial charge in [-0.2, -0.15) is 0 Å². The van der Waals surface area contributed by atoms with Gasteiger partial charge in [0, 0.05) is 24.9 Å². The minimum Gasteiger partial charge on any atom is -0.479 e. The van der Waals surface area contributed by atoms with E-state index in [2.05, 4.69) is 15.3 Å². The highest BCUT2D eigenvalue weighted by atomic mass is 35.5. The Morgan fingerprint density at radius 1 is 1.27 bits per heavy atom. The van der Waals surface area contributed by atoms with E-state index in [-0.39, 0.29) is 16.7 Å². The zero-order valence-electron chi connectivity index (χ0n) is 11.6. The highest BCUT2D eigenvalue weighted by Crippen LogP contribution is 2.37. The monoisotopic (exact) mass is 325 g/mol. The predicted molar refractivity (Wildman–Crippen MR) is 77.7 cm³/mol. The van der Waals surface area contributed by atoms with Crippen LogP contribution < -0.4 is 10.1 Å². The molecule has 2 heterocycles. The number of nitrogens with one attached hydrogen (secondary N) is 1. The van der Waals surface area contributed by atoms with Gasteiger partial charge in [-0.05, 0) is 25.1 Å². The van der Waals surface area contributed by atoms with Gasteiger partial charge in [-0.15, -0.1) is 0 Å². The molecule has 0 bridgehead atoms. The Hall–Kier alpha value is -1.79. The van der Waals surface area contributed by atoms with Crippen molar-refractivity contribution in [1.82, 2.24) is 15.3 Å². The van der Waals surface area contributed by atoms with Gasteiger partial charge >= 0.3 is 0 Å². The molecule has 0 saturated carbocycles. The summed E-state index contributed by atoms with van der Waals surface area (Å²) in [6, 6.07) is 1.97. The van der Waals surface area contributed by atoms with E-state index in [0.29, 0.717) is 12.2 Å². The zero-order chi connectivity index (χ0) is 15.5. The van der Waals surface area contributed by atoms with Gasteiger partial charge in [-0.25, -0.2) is 8.78 Å². The molecule has 1 fully saturated rings. The largest absolute Gasteiger partial charge is 0.479 e. The zero-order valence-corrected chi connectivity index (χ0v) is 12.4. The molecule has 1 aromatic heterocycles. The summed E-state index contributed by atoms with van der Waals surface area (Å²) in [5, 5.41) is 2.86. The predicted octanol–water partition coefficient (Wildman–Crippen LogP) is 3.14. The topological polar surface area (TPSA) is 47.0 Å². The van der Waals surface area contributed by atoms with E-state index in [9.17, 15) is 8.78 Å². The van der Waals surface area contributed by atoms with Crippen LogP contribution in [0.2, 0.25) is 5.02 Å². The van der Waals surface area contributed by atoms with Crippen LogP contribution in [0, 0.1) is 17.6 Å². The summed E-state index contributed by atoms with van der Waals surface area (Å²) in [6.07, 6.45) is 4.95. The SMILES string of the molecule is Fc1ccc(F)c(OC(c2cnccn2)C2CCNC2)c1Cl. The molecule has 3 rings (SSSR count). The maximum atomic E-state index is 14.0.